The molecule has 0 saturated carbocycles. The Hall–Kier alpha value is -3.58. The number of halogens is 1. The van der Waals surface area contributed by atoms with Gasteiger partial charge in [-0.25, -0.2) is 9.37 Å². The Kier molecular flexibility index (Phi) is 5.31. The van der Waals surface area contributed by atoms with Crippen LogP contribution in [0.25, 0.3) is 10.2 Å². The Morgan fingerprint density at radius 1 is 1.03 bits per heavy atom. The van der Waals surface area contributed by atoms with Gasteiger partial charge >= 0.3 is 0 Å². The van der Waals surface area contributed by atoms with Crippen molar-refractivity contribution < 1.29 is 14.0 Å². The number of thiazole rings is 1. The molecule has 0 unspecified atom stereocenters. The number of para-hydroxylation sites is 1. The van der Waals surface area contributed by atoms with E-state index in [9.17, 15) is 14.0 Å². The monoisotopic (exact) mass is 405 g/mol. The van der Waals surface area contributed by atoms with E-state index in [4.69, 9.17) is 0 Å². The number of benzene rings is 3. The lowest BCUT2D eigenvalue weighted by Crippen LogP contribution is -2.20. The third-order valence-electron chi connectivity index (χ3n) is 4.37. The summed E-state index contributed by atoms with van der Waals surface area (Å²) in [7, 11) is 0. The molecule has 4 aromatic rings. The molecule has 5 nitrogen and oxygen atoms in total. The molecule has 0 saturated heterocycles. The summed E-state index contributed by atoms with van der Waals surface area (Å²) in [5, 5.41) is 3.34. The molecule has 1 aromatic heterocycles. The topological polar surface area (TPSA) is 62.3 Å². The summed E-state index contributed by atoms with van der Waals surface area (Å²) < 4.78 is 14.0. The van der Waals surface area contributed by atoms with E-state index in [0.29, 0.717) is 29.3 Å². The Morgan fingerprint density at radius 2 is 1.76 bits per heavy atom. The van der Waals surface area contributed by atoms with Crippen LogP contribution >= 0.6 is 11.3 Å². The molecule has 0 fully saturated rings. The summed E-state index contributed by atoms with van der Waals surface area (Å²) in [6.07, 6.45) is 0.708. The van der Waals surface area contributed by atoms with Gasteiger partial charge in [-0.3, -0.25) is 14.9 Å². The fourth-order valence-corrected chi connectivity index (χ4v) is 3.74. The van der Waals surface area contributed by atoms with Crippen LogP contribution in [0.3, 0.4) is 0 Å². The zero-order chi connectivity index (χ0) is 20.2. The summed E-state index contributed by atoms with van der Waals surface area (Å²) in [5.41, 5.74) is 2.74. The lowest BCUT2D eigenvalue weighted by atomic mass is 10.1. The molecule has 29 heavy (non-hydrogen) atoms. The first-order valence-electron chi connectivity index (χ1n) is 8.86. The van der Waals surface area contributed by atoms with Crippen LogP contribution in [0.15, 0.2) is 72.8 Å². The SMILES string of the molecule is O=CN(Cc1ccc(F)cc1)c1ccc(C(=O)Nc2nc3ccccc3s2)cc1. The summed E-state index contributed by atoms with van der Waals surface area (Å²) >= 11 is 1.41. The maximum absolute atomic E-state index is 13.0. The molecular weight excluding hydrogens is 389 g/mol. The van der Waals surface area contributed by atoms with Crippen LogP contribution in [0.1, 0.15) is 15.9 Å². The molecule has 0 aliphatic carbocycles. The van der Waals surface area contributed by atoms with Gasteiger partial charge in [0.25, 0.3) is 5.91 Å². The second-order valence-corrected chi connectivity index (χ2v) is 7.38. The second kappa shape index (κ2) is 8.20. The van der Waals surface area contributed by atoms with Gasteiger partial charge in [-0.05, 0) is 54.1 Å². The normalized spacial score (nSPS) is 10.7. The summed E-state index contributed by atoms with van der Waals surface area (Å²) in [6.45, 7) is 0.307. The van der Waals surface area contributed by atoms with Crippen LogP contribution in [-0.2, 0) is 11.3 Å². The van der Waals surface area contributed by atoms with E-state index in [1.54, 1.807) is 36.4 Å². The molecule has 1 N–H and O–H groups in total. The van der Waals surface area contributed by atoms with Crippen LogP contribution in [0.2, 0.25) is 0 Å². The molecule has 0 aliphatic rings. The zero-order valence-electron chi connectivity index (χ0n) is 15.2. The van der Waals surface area contributed by atoms with Crippen molar-refractivity contribution in [1.29, 1.82) is 0 Å². The van der Waals surface area contributed by atoms with Crippen LogP contribution in [-0.4, -0.2) is 17.3 Å². The van der Waals surface area contributed by atoms with E-state index in [1.807, 2.05) is 24.3 Å². The molecule has 0 bridgehead atoms. The Balaban J connectivity index is 1.46. The van der Waals surface area contributed by atoms with Gasteiger partial charge in [0.1, 0.15) is 5.82 Å². The number of nitrogens with one attached hydrogen (secondary N) is 1. The Morgan fingerprint density at radius 3 is 2.45 bits per heavy atom. The van der Waals surface area contributed by atoms with Crippen molar-refractivity contribution in [3.63, 3.8) is 0 Å². The van der Waals surface area contributed by atoms with Gasteiger partial charge in [0.2, 0.25) is 6.41 Å². The minimum atomic E-state index is -0.324. The van der Waals surface area contributed by atoms with Gasteiger partial charge < -0.3 is 4.90 Å². The van der Waals surface area contributed by atoms with Gasteiger partial charge in [-0.2, -0.15) is 0 Å². The van der Waals surface area contributed by atoms with Gasteiger partial charge in [-0.15, -0.1) is 0 Å². The first-order chi connectivity index (χ1) is 14.1. The first kappa shape index (κ1) is 18.8. The fourth-order valence-electron chi connectivity index (χ4n) is 2.88. The zero-order valence-corrected chi connectivity index (χ0v) is 16.0. The number of amides is 2. The van der Waals surface area contributed by atoms with Crippen molar-refractivity contribution in [1.82, 2.24) is 4.98 Å². The summed E-state index contributed by atoms with van der Waals surface area (Å²) in [5.74, 6) is -0.596. The number of nitrogens with zero attached hydrogens (tertiary/aromatic N) is 2. The number of hydrogen-bond acceptors (Lipinski definition) is 4. The molecule has 0 radical (unpaired) electrons. The standard InChI is InChI=1S/C22H16FN3O2S/c23-17-9-5-15(6-10-17)13-26(14-27)18-11-7-16(8-12-18)21(28)25-22-24-19-3-1-2-4-20(19)29-22/h1-12,14H,13H2,(H,24,25,28). The van der Waals surface area contributed by atoms with Crippen molar-refractivity contribution in [3.05, 3.63) is 89.7 Å². The van der Waals surface area contributed by atoms with E-state index < -0.39 is 0 Å². The minimum Gasteiger partial charge on any atom is -0.311 e. The quantitative estimate of drug-likeness (QED) is 0.467. The average Bonchev–Trinajstić information content (AvgIpc) is 3.15. The minimum absolute atomic E-state index is 0.271. The van der Waals surface area contributed by atoms with Crippen molar-refractivity contribution >= 4 is 44.7 Å². The highest BCUT2D eigenvalue weighted by molar-refractivity contribution is 7.22. The third kappa shape index (κ3) is 4.30. The second-order valence-electron chi connectivity index (χ2n) is 6.35. The van der Waals surface area contributed by atoms with E-state index in [2.05, 4.69) is 10.3 Å². The van der Waals surface area contributed by atoms with Crippen molar-refractivity contribution in [2.75, 3.05) is 10.2 Å². The smallest absolute Gasteiger partial charge is 0.257 e. The van der Waals surface area contributed by atoms with Gasteiger partial charge in [0, 0.05) is 11.3 Å². The molecule has 2 amide bonds. The van der Waals surface area contributed by atoms with E-state index >= 15 is 0 Å². The Labute approximate surface area is 170 Å². The highest BCUT2D eigenvalue weighted by Crippen LogP contribution is 2.26. The predicted molar refractivity (Wildman–Crippen MR) is 113 cm³/mol. The van der Waals surface area contributed by atoms with Crippen LogP contribution in [0.5, 0.6) is 0 Å². The number of aromatic nitrogens is 1. The molecule has 0 spiro atoms. The van der Waals surface area contributed by atoms with Crippen molar-refractivity contribution in [3.8, 4) is 0 Å². The highest BCUT2D eigenvalue weighted by Gasteiger charge is 2.12. The number of rotatable bonds is 6. The first-order valence-corrected chi connectivity index (χ1v) is 9.67. The third-order valence-corrected chi connectivity index (χ3v) is 5.32. The van der Waals surface area contributed by atoms with E-state index in [0.717, 1.165) is 15.8 Å². The van der Waals surface area contributed by atoms with Crippen LogP contribution < -0.4 is 10.2 Å². The highest BCUT2D eigenvalue weighted by atomic mass is 32.1. The number of hydrogen-bond donors (Lipinski definition) is 1. The Bertz CT molecular complexity index is 1120. The molecule has 4 rings (SSSR count). The lowest BCUT2D eigenvalue weighted by Gasteiger charge is -2.18. The van der Waals surface area contributed by atoms with E-state index in [-0.39, 0.29) is 11.7 Å². The average molecular weight is 405 g/mol. The molecule has 0 aliphatic heterocycles. The molecule has 3 aromatic carbocycles. The summed E-state index contributed by atoms with van der Waals surface area (Å²) in [6, 6.07) is 20.3. The van der Waals surface area contributed by atoms with Crippen molar-refractivity contribution in [2.45, 2.75) is 6.54 Å². The maximum atomic E-state index is 13.0. The maximum Gasteiger partial charge on any atom is 0.257 e. The van der Waals surface area contributed by atoms with Crippen LogP contribution in [0.4, 0.5) is 15.2 Å². The van der Waals surface area contributed by atoms with E-state index in [1.165, 1.54) is 28.4 Å². The van der Waals surface area contributed by atoms with Gasteiger partial charge in [0.15, 0.2) is 5.13 Å². The van der Waals surface area contributed by atoms with Gasteiger partial charge in [-0.1, -0.05) is 35.6 Å². The van der Waals surface area contributed by atoms with Crippen LogP contribution in [0, 0.1) is 5.82 Å². The number of fused-ring (bicyclic) bond motifs is 1. The fraction of sp³-hybridized carbons (Fsp3) is 0.0455. The number of anilines is 2. The van der Waals surface area contributed by atoms with Crippen molar-refractivity contribution in [2.24, 2.45) is 0 Å². The van der Waals surface area contributed by atoms with Gasteiger partial charge in [0.05, 0.1) is 16.8 Å². The molecule has 1 heterocycles. The lowest BCUT2D eigenvalue weighted by molar-refractivity contribution is -0.107. The molecule has 144 valence electrons. The largest absolute Gasteiger partial charge is 0.311 e. The molecule has 7 heteroatoms. The molecule has 0 atom stereocenters. The summed E-state index contributed by atoms with van der Waals surface area (Å²) in [4.78, 5) is 29.9. The molecular formula is C22H16FN3O2S. The number of carbonyl (C=O) groups excluding carboxylic acids is 2. The number of carbonyl (C=O) groups is 2. The predicted octanol–water partition coefficient (Wildman–Crippen LogP) is 4.85.